The van der Waals surface area contributed by atoms with Crippen LogP contribution in [0.4, 0.5) is 0 Å². The molecule has 2 aliphatic carbocycles. The third-order valence-corrected chi connectivity index (χ3v) is 5.30. The fraction of sp³-hybridized carbons (Fsp3) is 0.600. The number of nitrogens with one attached hydrogen (secondary N) is 2. The number of benzene rings is 1. The van der Waals surface area contributed by atoms with Gasteiger partial charge < -0.3 is 20.1 Å². The SMILES string of the molecule is COCC(=O)N[C@@H]1C[C@H](COc2ccccc2)C[C@H]1C(=O)NC1CCC1. The Balaban J connectivity index is 1.57. The highest BCUT2D eigenvalue weighted by Crippen LogP contribution is 2.33. The van der Waals surface area contributed by atoms with Crippen LogP contribution in [0.5, 0.6) is 5.75 Å². The number of hydrogen-bond donors (Lipinski definition) is 2. The summed E-state index contributed by atoms with van der Waals surface area (Å²) in [7, 11) is 1.49. The molecule has 2 fully saturated rings. The van der Waals surface area contributed by atoms with Gasteiger partial charge in [-0.05, 0) is 50.2 Å². The minimum Gasteiger partial charge on any atom is -0.493 e. The van der Waals surface area contributed by atoms with Crippen LogP contribution in [0.25, 0.3) is 0 Å². The maximum atomic E-state index is 12.7. The number of carbonyl (C=O) groups excluding carboxylic acids is 2. The second-order valence-electron chi connectivity index (χ2n) is 7.31. The lowest BCUT2D eigenvalue weighted by Gasteiger charge is -2.29. The lowest BCUT2D eigenvalue weighted by atomic mass is 9.92. The van der Waals surface area contributed by atoms with E-state index in [-0.39, 0.29) is 36.3 Å². The highest BCUT2D eigenvalue weighted by atomic mass is 16.5. The van der Waals surface area contributed by atoms with Crippen molar-refractivity contribution in [2.45, 2.75) is 44.2 Å². The molecule has 2 aliphatic rings. The van der Waals surface area contributed by atoms with E-state index >= 15 is 0 Å². The second-order valence-corrected chi connectivity index (χ2v) is 7.31. The van der Waals surface area contributed by atoms with E-state index in [0.29, 0.717) is 12.6 Å². The van der Waals surface area contributed by atoms with Crippen molar-refractivity contribution in [1.82, 2.24) is 10.6 Å². The summed E-state index contributed by atoms with van der Waals surface area (Å²) in [5.74, 6) is 0.735. The molecule has 0 aliphatic heterocycles. The predicted molar refractivity (Wildman–Crippen MR) is 97.7 cm³/mol. The Morgan fingerprint density at radius 3 is 2.54 bits per heavy atom. The van der Waals surface area contributed by atoms with Crippen LogP contribution in [-0.4, -0.2) is 44.2 Å². The van der Waals surface area contributed by atoms with Gasteiger partial charge in [0.05, 0.1) is 12.5 Å². The van der Waals surface area contributed by atoms with Gasteiger partial charge in [0.1, 0.15) is 12.4 Å². The molecule has 2 saturated carbocycles. The average molecular weight is 360 g/mol. The molecule has 6 heteroatoms. The smallest absolute Gasteiger partial charge is 0.246 e. The Bertz CT molecular complexity index is 603. The fourth-order valence-corrected chi connectivity index (χ4v) is 3.70. The number of methoxy groups -OCH3 is 1. The molecule has 2 N–H and O–H groups in total. The summed E-state index contributed by atoms with van der Waals surface area (Å²) in [6, 6.07) is 9.81. The van der Waals surface area contributed by atoms with Gasteiger partial charge in [-0.1, -0.05) is 18.2 Å². The number of hydrogen-bond acceptors (Lipinski definition) is 4. The molecule has 26 heavy (non-hydrogen) atoms. The molecule has 142 valence electrons. The molecular formula is C20H28N2O4. The van der Waals surface area contributed by atoms with Crippen LogP contribution in [0.2, 0.25) is 0 Å². The Kier molecular flexibility index (Phi) is 6.50. The van der Waals surface area contributed by atoms with Crippen molar-refractivity contribution >= 4 is 11.8 Å². The predicted octanol–water partition coefficient (Wildman–Crippen LogP) is 1.89. The number of ether oxygens (including phenoxy) is 2. The van der Waals surface area contributed by atoms with Crippen LogP contribution >= 0.6 is 0 Å². The monoisotopic (exact) mass is 360 g/mol. The Morgan fingerprint density at radius 2 is 1.88 bits per heavy atom. The first-order chi connectivity index (χ1) is 12.7. The van der Waals surface area contributed by atoms with Gasteiger partial charge in [0.2, 0.25) is 11.8 Å². The molecule has 1 aromatic carbocycles. The van der Waals surface area contributed by atoms with E-state index in [1.54, 1.807) is 0 Å². The summed E-state index contributed by atoms with van der Waals surface area (Å²) in [4.78, 5) is 24.6. The van der Waals surface area contributed by atoms with E-state index < -0.39 is 0 Å². The van der Waals surface area contributed by atoms with E-state index in [4.69, 9.17) is 9.47 Å². The van der Waals surface area contributed by atoms with Crippen LogP contribution in [0.1, 0.15) is 32.1 Å². The van der Waals surface area contributed by atoms with Gasteiger partial charge in [-0.2, -0.15) is 0 Å². The zero-order valence-corrected chi connectivity index (χ0v) is 15.3. The zero-order valence-electron chi connectivity index (χ0n) is 15.3. The third-order valence-electron chi connectivity index (χ3n) is 5.30. The molecule has 0 heterocycles. The number of amides is 2. The van der Waals surface area contributed by atoms with Crippen LogP contribution in [0.3, 0.4) is 0 Å². The van der Waals surface area contributed by atoms with Gasteiger partial charge in [-0.25, -0.2) is 0 Å². The van der Waals surface area contributed by atoms with Gasteiger partial charge in [0.25, 0.3) is 0 Å². The number of para-hydroxylation sites is 1. The molecule has 0 unspecified atom stereocenters. The maximum Gasteiger partial charge on any atom is 0.246 e. The van der Waals surface area contributed by atoms with E-state index in [1.807, 2.05) is 30.3 Å². The Morgan fingerprint density at radius 1 is 1.12 bits per heavy atom. The van der Waals surface area contributed by atoms with Crippen molar-refractivity contribution in [3.63, 3.8) is 0 Å². The summed E-state index contributed by atoms with van der Waals surface area (Å²) >= 11 is 0. The van der Waals surface area contributed by atoms with Crippen molar-refractivity contribution in [2.75, 3.05) is 20.3 Å². The molecule has 2 amide bonds. The lowest BCUT2D eigenvalue weighted by molar-refractivity contribution is -0.128. The second kappa shape index (κ2) is 9.03. The average Bonchev–Trinajstić information content (AvgIpc) is 3.00. The molecule has 3 atom stereocenters. The molecule has 1 aromatic rings. The maximum absolute atomic E-state index is 12.7. The topological polar surface area (TPSA) is 76.7 Å². The number of carbonyl (C=O) groups is 2. The standard InChI is InChI=1S/C20H28N2O4/c1-25-13-19(23)22-18-11-14(12-26-16-8-3-2-4-9-16)10-17(18)20(24)21-15-6-5-7-15/h2-4,8-9,14-15,17-18H,5-7,10-13H2,1H3,(H,21,24)(H,22,23)/t14-,17-,18-/m1/s1. The zero-order chi connectivity index (χ0) is 18.4. The van der Waals surface area contributed by atoms with Crippen LogP contribution in [0, 0.1) is 11.8 Å². The third kappa shape index (κ3) is 4.97. The first kappa shape index (κ1) is 18.7. The summed E-state index contributed by atoms with van der Waals surface area (Å²) in [6.45, 7) is 0.562. The Labute approximate surface area is 154 Å². The largest absolute Gasteiger partial charge is 0.493 e. The van der Waals surface area contributed by atoms with Gasteiger partial charge in [0.15, 0.2) is 0 Å². The molecule has 6 nitrogen and oxygen atoms in total. The summed E-state index contributed by atoms with van der Waals surface area (Å²) in [6.07, 6.45) is 4.75. The highest BCUT2D eigenvalue weighted by Gasteiger charge is 2.40. The summed E-state index contributed by atoms with van der Waals surface area (Å²) in [5.41, 5.74) is 0. The van der Waals surface area contributed by atoms with Gasteiger partial charge in [-0.15, -0.1) is 0 Å². The van der Waals surface area contributed by atoms with Crippen molar-refractivity contribution in [1.29, 1.82) is 0 Å². The first-order valence-corrected chi connectivity index (χ1v) is 9.42. The van der Waals surface area contributed by atoms with Gasteiger partial charge in [-0.3, -0.25) is 9.59 Å². The van der Waals surface area contributed by atoms with Gasteiger partial charge >= 0.3 is 0 Å². The van der Waals surface area contributed by atoms with Crippen molar-refractivity contribution in [2.24, 2.45) is 11.8 Å². The highest BCUT2D eigenvalue weighted by molar-refractivity contribution is 5.82. The minimum atomic E-state index is -0.208. The van der Waals surface area contributed by atoms with E-state index in [0.717, 1.165) is 31.4 Å². The molecule has 0 aromatic heterocycles. The minimum absolute atomic E-state index is 0.0125. The van der Waals surface area contributed by atoms with Crippen molar-refractivity contribution < 1.29 is 19.1 Å². The summed E-state index contributed by atoms with van der Waals surface area (Å²) < 4.78 is 10.8. The molecular weight excluding hydrogens is 332 g/mol. The molecule has 0 radical (unpaired) electrons. The lowest BCUT2D eigenvalue weighted by Crippen LogP contribution is -2.48. The van der Waals surface area contributed by atoms with E-state index in [2.05, 4.69) is 10.6 Å². The summed E-state index contributed by atoms with van der Waals surface area (Å²) in [5, 5.41) is 6.09. The Hall–Kier alpha value is -2.08. The molecule has 0 bridgehead atoms. The van der Waals surface area contributed by atoms with Crippen LogP contribution < -0.4 is 15.4 Å². The van der Waals surface area contributed by atoms with Crippen molar-refractivity contribution in [3.8, 4) is 5.75 Å². The molecule has 0 saturated heterocycles. The normalized spacial score (nSPS) is 25.3. The van der Waals surface area contributed by atoms with E-state index in [9.17, 15) is 9.59 Å². The molecule has 0 spiro atoms. The van der Waals surface area contributed by atoms with E-state index in [1.165, 1.54) is 13.5 Å². The molecule has 3 rings (SSSR count). The van der Waals surface area contributed by atoms with Crippen LogP contribution in [-0.2, 0) is 14.3 Å². The quantitative estimate of drug-likeness (QED) is 0.742. The number of rotatable bonds is 8. The van der Waals surface area contributed by atoms with Crippen molar-refractivity contribution in [3.05, 3.63) is 30.3 Å². The first-order valence-electron chi connectivity index (χ1n) is 9.42. The fourth-order valence-electron chi connectivity index (χ4n) is 3.70. The van der Waals surface area contributed by atoms with Gasteiger partial charge in [0, 0.05) is 19.2 Å². The van der Waals surface area contributed by atoms with Crippen LogP contribution in [0.15, 0.2) is 30.3 Å².